The maximum atomic E-state index is 12.3. The second-order valence-corrected chi connectivity index (χ2v) is 5.70. The van der Waals surface area contributed by atoms with Crippen LogP contribution < -0.4 is 5.56 Å². The van der Waals surface area contributed by atoms with Crippen LogP contribution in [0.3, 0.4) is 0 Å². The van der Waals surface area contributed by atoms with Crippen molar-refractivity contribution in [2.45, 2.75) is 0 Å². The highest BCUT2D eigenvalue weighted by atomic mass is 16.2. The van der Waals surface area contributed by atoms with Gasteiger partial charge in [0.2, 0.25) is 0 Å². The summed E-state index contributed by atoms with van der Waals surface area (Å²) in [5.74, 6) is -0.180. The Hall–Kier alpha value is -2.73. The zero-order valence-electron chi connectivity index (χ0n) is 13.4. The fourth-order valence-electron chi connectivity index (χ4n) is 2.68. The van der Waals surface area contributed by atoms with Crippen molar-refractivity contribution in [1.29, 1.82) is 0 Å². The largest absolute Gasteiger partial charge is 0.335 e. The van der Waals surface area contributed by atoms with Crippen molar-refractivity contribution in [3.63, 3.8) is 0 Å². The first-order valence-corrected chi connectivity index (χ1v) is 8.00. The molecule has 0 atom stereocenters. The van der Waals surface area contributed by atoms with Gasteiger partial charge in [0.25, 0.3) is 11.5 Å². The van der Waals surface area contributed by atoms with Crippen LogP contribution in [0.4, 0.5) is 0 Å². The Kier molecular flexibility index (Phi) is 5.18. The van der Waals surface area contributed by atoms with Crippen LogP contribution in [-0.4, -0.2) is 58.4 Å². The summed E-state index contributed by atoms with van der Waals surface area (Å²) in [7, 11) is 0. The molecule has 1 saturated heterocycles. The third-order valence-corrected chi connectivity index (χ3v) is 4.03. The molecule has 2 heterocycles. The van der Waals surface area contributed by atoms with Gasteiger partial charge in [0.05, 0.1) is 6.33 Å². The molecule has 1 fully saturated rings. The number of carbonyl (C=O) groups is 1. The lowest BCUT2D eigenvalue weighted by atomic mass is 10.2. The Balaban J connectivity index is 1.50. The summed E-state index contributed by atoms with van der Waals surface area (Å²) in [5, 5.41) is 0. The number of carbonyl (C=O) groups excluding carboxylic acids is 1. The van der Waals surface area contributed by atoms with Crippen LogP contribution in [0, 0.1) is 0 Å². The molecule has 2 aromatic rings. The molecule has 1 N–H and O–H groups in total. The Morgan fingerprint density at radius 2 is 1.92 bits per heavy atom. The van der Waals surface area contributed by atoms with E-state index in [1.807, 2.05) is 18.2 Å². The van der Waals surface area contributed by atoms with Crippen LogP contribution in [-0.2, 0) is 0 Å². The SMILES string of the molecule is O=C(c1cc(=O)[nH]cn1)N1CCN(C/C=C/c2ccccc2)CC1. The molecule has 1 aliphatic heterocycles. The van der Waals surface area contributed by atoms with Crippen LogP contribution in [0.5, 0.6) is 0 Å². The first-order valence-electron chi connectivity index (χ1n) is 8.00. The van der Waals surface area contributed by atoms with Gasteiger partial charge in [-0.1, -0.05) is 42.5 Å². The summed E-state index contributed by atoms with van der Waals surface area (Å²) >= 11 is 0. The fourth-order valence-corrected chi connectivity index (χ4v) is 2.68. The van der Waals surface area contributed by atoms with Crippen molar-refractivity contribution in [3.05, 3.63) is 70.4 Å². The van der Waals surface area contributed by atoms with E-state index < -0.39 is 0 Å². The van der Waals surface area contributed by atoms with E-state index in [9.17, 15) is 9.59 Å². The molecular weight excluding hydrogens is 304 g/mol. The van der Waals surface area contributed by atoms with Gasteiger partial charge < -0.3 is 9.88 Å². The Morgan fingerprint density at radius 1 is 1.17 bits per heavy atom. The number of nitrogens with one attached hydrogen (secondary N) is 1. The van der Waals surface area contributed by atoms with Crippen molar-refractivity contribution in [2.75, 3.05) is 32.7 Å². The summed E-state index contributed by atoms with van der Waals surface area (Å²) in [6, 6.07) is 11.4. The summed E-state index contributed by atoms with van der Waals surface area (Å²) in [6.45, 7) is 3.78. The highest BCUT2D eigenvalue weighted by Gasteiger charge is 2.22. The molecule has 0 aliphatic carbocycles. The van der Waals surface area contributed by atoms with Gasteiger partial charge in [0.15, 0.2) is 0 Å². The molecule has 0 saturated carbocycles. The number of aromatic amines is 1. The van der Waals surface area contributed by atoms with E-state index in [1.165, 1.54) is 18.0 Å². The molecule has 1 amide bonds. The third kappa shape index (κ3) is 4.17. The summed E-state index contributed by atoms with van der Waals surface area (Å²) in [4.78, 5) is 34.0. The zero-order valence-corrected chi connectivity index (χ0v) is 13.4. The summed E-state index contributed by atoms with van der Waals surface area (Å²) in [5.41, 5.74) is 1.08. The van der Waals surface area contributed by atoms with Gasteiger partial charge in [-0.05, 0) is 5.56 Å². The quantitative estimate of drug-likeness (QED) is 0.919. The predicted octanol–water partition coefficient (Wildman–Crippen LogP) is 1.24. The van der Waals surface area contributed by atoms with Crippen molar-refractivity contribution >= 4 is 12.0 Å². The maximum absolute atomic E-state index is 12.3. The van der Waals surface area contributed by atoms with E-state index in [0.29, 0.717) is 13.1 Å². The predicted molar refractivity (Wildman–Crippen MR) is 92.7 cm³/mol. The monoisotopic (exact) mass is 324 g/mol. The topological polar surface area (TPSA) is 69.3 Å². The van der Waals surface area contributed by atoms with E-state index >= 15 is 0 Å². The molecular formula is C18H20N4O2. The molecule has 1 aliphatic rings. The maximum Gasteiger partial charge on any atom is 0.272 e. The Morgan fingerprint density at radius 3 is 2.62 bits per heavy atom. The molecule has 1 aromatic heterocycles. The molecule has 3 rings (SSSR count). The standard InChI is InChI=1S/C18H20N4O2/c23-17-13-16(19-14-20-17)18(24)22-11-9-21(10-12-22)8-4-7-15-5-2-1-3-6-15/h1-7,13-14H,8-12H2,(H,19,20,23)/b7-4+. The van der Waals surface area contributed by atoms with Crippen molar-refractivity contribution < 1.29 is 4.79 Å². The Labute approximate surface area is 140 Å². The number of amides is 1. The van der Waals surface area contributed by atoms with Gasteiger partial charge in [0, 0.05) is 38.8 Å². The normalized spacial score (nSPS) is 15.8. The minimum atomic E-state index is -0.307. The number of rotatable bonds is 4. The van der Waals surface area contributed by atoms with Crippen molar-refractivity contribution in [2.24, 2.45) is 0 Å². The first-order chi connectivity index (χ1) is 11.7. The number of nitrogens with zero attached hydrogens (tertiary/aromatic N) is 3. The molecule has 0 unspecified atom stereocenters. The highest BCUT2D eigenvalue weighted by molar-refractivity contribution is 5.92. The zero-order chi connectivity index (χ0) is 16.8. The lowest BCUT2D eigenvalue weighted by molar-refractivity contribution is 0.0644. The van der Waals surface area contributed by atoms with Crippen LogP contribution in [0.1, 0.15) is 16.1 Å². The highest BCUT2D eigenvalue weighted by Crippen LogP contribution is 2.07. The molecule has 24 heavy (non-hydrogen) atoms. The molecule has 0 spiro atoms. The van der Waals surface area contributed by atoms with E-state index in [-0.39, 0.29) is 17.2 Å². The fraction of sp³-hybridized carbons (Fsp3) is 0.278. The number of hydrogen-bond acceptors (Lipinski definition) is 4. The summed E-state index contributed by atoms with van der Waals surface area (Å²) in [6.07, 6.45) is 5.52. The Bertz CT molecular complexity index is 762. The van der Waals surface area contributed by atoms with Crippen LogP contribution in [0.15, 0.2) is 53.6 Å². The molecule has 1 aromatic carbocycles. The van der Waals surface area contributed by atoms with Gasteiger partial charge >= 0.3 is 0 Å². The second kappa shape index (κ2) is 7.70. The van der Waals surface area contributed by atoms with Gasteiger partial charge in [-0.2, -0.15) is 0 Å². The minimum absolute atomic E-state index is 0.180. The van der Waals surface area contributed by atoms with Crippen molar-refractivity contribution in [3.8, 4) is 0 Å². The minimum Gasteiger partial charge on any atom is -0.335 e. The van der Waals surface area contributed by atoms with Gasteiger partial charge in [-0.15, -0.1) is 0 Å². The van der Waals surface area contributed by atoms with Gasteiger partial charge in [-0.25, -0.2) is 4.98 Å². The van der Waals surface area contributed by atoms with Crippen LogP contribution >= 0.6 is 0 Å². The smallest absolute Gasteiger partial charge is 0.272 e. The van der Waals surface area contributed by atoms with E-state index in [4.69, 9.17) is 0 Å². The average Bonchev–Trinajstić information content (AvgIpc) is 2.63. The number of benzene rings is 1. The molecule has 0 bridgehead atoms. The number of piperazine rings is 1. The number of H-pyrrole nitrogens is 1. The van der Waals surface area contributed by atoms with E-state index in [2.05, 4.69) is 39.2 Å². The second-order valence-electron chi connectivity index (χ2n) is 5.70. The average molecular weight is 324 g/mol. The number of aromatic nitrogens is 2. The van der Waals surface area contributed by atoms with E-state index in [0.717, 1.165) is 19.6 Å². The molecule has 0 radical (unpaired) electrons. The molecule has 6 heteroatoms. The van der Waals surface area contributed by atoms with Crippen molar-refractivity contribution in [1.82, 2.24) is 19.8 Å². The molecule has 6 nitrogen and oxygen atoms in total. The molecule has 124 valence electrons. The number of hydrogen-bond donors (Lipinski definition) is 1. The lowest BCUT2D eigenvalue weighted by Crippen LogP contribution is -2.48. The first kappa shape index (κ1) is 16.1. The third-order valence-electron chi connectivity index (χ3n) is 4.03. The summed E-state index contributed by atoms with van der Waals surface area (Å²) < 4.78 is 0. The lowest BCUT2D eigenvalue weighted by Gasteiger charge is -2.33. The van der Waals surface area contributed by atoms with E-state index in [1.54, 1.807) is 4.90 Å². The van der Waals surface area contributed by atoms with Gasteiger partial charge in [-0.3, -0.25) is 14.5 Å². The van der Waals surface area contributed by atoms with Gasteiger partial charge in [0.1, 0.15) is 5.69 Å². The van der Waals surface area contributed by atoms with Crippen LogP contribution in [0.2, 0.25) is 0 Å². The van der Waals surface area contributed by atoms with Crippen LogP contribution in [0.25, 0.3) is 6.08 Å².